The van der Waals surface area contributed by atoms with Crippen LogP contribution in [0.2, 0.25) is 0 Å². The highest BCUT2D eigenvalue weighted by Gasteiger charge is 2.01. The second kappa shape index (κ2) is 4.88. The van der Waals surface area contributed by atoms with Gasteiger partial charge in [0.05, 0.1) is 0 Å². The molecule has 1 N–H and O–H groups in total. The lowest BCUT2D eigenvalue weighted by atomic mass is 10.1. The van der Waals surface area contributed by atoms with Gasteiger partial charge in [-0.1, -0.05) is 13.8 Å². The van der Waals surface area contributed by atoms with Crippen molar-refractivity contribution in [2.75, 3.05) is 0 Å². The summed E-state index contributed by atoms with van der Waals surface area (Å²) in [6.07, 6.45) is 1.05. The fraction of sp³-hybridized carbons (Fsp3) is 0.750. The van der Waals surface area contributed by atoms with E-state index in [0.717, 1.165) is 12.1 Å². The molecule has 0 bridgehead atoms. The third kappa shape index (κ3) is 4.53. The van der Waals surface area contributed by atoms with E-state index in [2.05, 4.69) is 24.4 Å². The van der Waals surface area contributed by atoms with Crippen molar-refractivity contribution in [3.63, 3.8) is 0 Å². The van der Waals surface area contributed by atoms with E-state index in [9.17, 15) is 4.79 Å². The van der Waals surface area contributed by atoms with Crippen LogP contribution in [0.3, 0.4) is 0 Å². The predicted molar refractivity (Wildman–Crippen MR) is 46.4 cm³/mol. The molecule has 0 radical (unpaired) electrons. The standard InChI is InChI=1S/C8H16N2O/c1-5-6(2)7(3)9-10-8(4)11/h6H,5H2,1-4H3,(H,10,11)/b9-7+. The van der Waals surface area contributed by atoms with E-state index in [1.807, 2.05) is 6.92 Å². The molecule has 64 valence electrons. The number of hydrogen-bond donors (Lipinski definition) is 1. The molecular weight excluding hydrogens is 140 g/mol. The number of hydrogen-bond acceptors (Lipinski definition) is 2. The lowest BCUT2D eigenvalue weighted by Crippen LogP contribution is -2.17. The summed E-state index contributed by atoms with van der Waals surface area (Å²) in [6.45, 7) is 7.55. The van der Waals surface area contributed by atoms with Gasteiger partial charge in [0.25, 0.3) is 0 Å². The van der Waals surface area contributed by atoms with Crippen LogP contribution in [0.15, 0.2) is 5.10 Å². The largest absolute Gasteiger partial charge is 0.274 e. The molecule has 1 atom stereocenters. The summed E-state index contributed by atoms with van der Waals surface area (Å²) >= 11 is 0. The Kier molecular flexibility index (Phi) is 4.50. The van der Waals surface area contributed by atoms with Gasteiger partial charge in [0.15, 0.2) is 0 Å². The van der Waals surface area contributed by atoms with Gasteiger partial charge in [0, 0.05) is 12.6 Å². The van der Waals surface area contributed by atoms with E-state index in [4.69, 9.17) is 0 Å². The van der Waals surface area contributed by atoms with Crippen molar-refractivity contribution in [3.05, 3.63) is 0 Å². The summed E-state index contributed by atoms with van der Waals surface area (Å²) in [4.78, 5) is 10.4. The number of amides is 1. The van der Waals surface area contributed by atoms with Crippen LogP contribution in [0.5, 0.6) is 0 Å². The van der Waals surface area contributed by atoms with Gasteiger partial charge in [0.1, 0.15) is 0 Å². The van der Waals surface area contributed by atoms with Crippen molar-refractivity contribution in [1.82, 2.24) is 5.43 Å². The minimum atomic E-state index is -0.118. The SMILES string of the molecule is CCC(C)/C(C)=N/NC(C)=O. The lowest BCUT2D eigenvalue weighted by molar-refractivity contribution is -0.118. The molecule has 0 aliphatic carbocycles. The molecule has 1 unspecified atom stereocenters. The van der Waals surface area contributed by atoms with Gasteiger partial charge >= 0.3 is 0 Å². The highest BCUT2D eigenvalue weighted by atomic mass is 16.2. The molecule has 0 aliphatic heterocycles. The van der Waals surface area contributed by atoms with E-state index in [-0.39, 0.29) is 5.91 Å². The Bertz CT molecular complexity index is 163. The number of nitrogens with zero attached hydrogens (tertiary/aromatic N) is 1. The third-order valence-corrected chi connectivity index (χ3v) is 1.72. The molecule has 0 aromatic carbocycles. The second-order valence-corrected chi connectivity index (χ2v) is 2.73. The highest BCUT2D eigenvalue weighted by molar-refractivity contribution is 5.85. The first kappa shape index (κ1) is 10.1. The van der Waals surface area contributed by atoms with Crippen molar-refractivity contribution < 1.29 is 4.79 Å². The monoisotopic (exact) mass is 156 g/mol. The van der Waals surface area contributed by atoms with Crippen LogP contribution in [-0.4, -0.2) is 11.6 Å². The van der Waals surface area contributed by atoms with Crippen LogP contribution in [-0.2, 0) is 4.79 Å². The summed E-state index contributed by atoms with van der Waals surface area (Å²) < 4.78 is 0. The normalized spacial score (nSPS) is 14.4. The molecule has 0 fully saturated rings. The van der Waals surface area contributed by atoms with E-state index in [1.165, 1.54) is 6.92 Å². The molecule has 3 nitrogen and oxygen atoms in total. The topological polar surface area (TPSA) is 41.5 Å². The maximum absolute atomic E-state index is 10.4. The van der Waals surface area contributed by atoms with Crippen molar-refractivity contribution in [3.8, 4) is 0 Å². The first-order valence-corrected chi connectivity index (χ1v) is 3.88. The van der Waals surface area contributed by atoms with Gasteiger partial charge in [-0.3, -0.25) is 4.79 Å². The first-order valence-electron chi connectivity index (χ1n) is 3.88. The van der Waals surface area contributed by atoms with E-state index < -0.39 is 0 Å². The molecule has 11 heavy (non-hydrogen) atoms. The molecule has 0 aromatic heterocycles. The molecule has 0 aromatic rings. The quantitative estimate of drug-likeness (QED) is 0.489. The summed E-state index contributed by atoms with van der Waals surface area (Å²) in [5.74, 6) is 0.328. The smallest absolute Gasteiger partial charge is 0.236 e. The van der Waals surface area contributed by atoms with Gasteiger partial charge < -0.3 is 0 Å². The molecule has 0 rings (SSSR count). The number of carbonyl (C=O) groups is 1. The third-order valence-electron chi connectivity index (χ3n) is 1.72. The van der Waals surface area contributed by atoms with Crippen LogP contribution >= 0.6 is 0 Å². The average molecular weight is 156 g/mol. The van der Waals surface area contributed by atoms with Crippen LogP contribution in [0, 0.1) is 5.92 Å². The maximum atomic E-state index is 10.4. The Morgan fingerprint density at radius 1 is 1.55 bits per heavy atom. The zero-order valence-electron chi connectivity index (χ0n) is 7.64. The predicted octanol–water partition coefficient (Wildman–Crippen LogP) is 1.54. The molecule has 1 amide bonds. The Balaban J connectivity index is 3.89. The van der Waals surface area contributed by atoms with Crippen molar-refractivity contribution >= 4 is 11.6 Å². The van der Waals surface area contributed by atoms with Gasteiger partial charge in [-0.2, -0.15) is 5.10 Å². The molecule has 0 aliphatic rings. The first-order chi connectivity index (χ1) is 5.07. The molecular formula is C8H16N2O. The summed E-state index contributed by atoms with van der Waals surface area (Å²) in [5, 5.41) is 3.91. The minimum absolute atomic E-state index is 0.118. The molecule has 0 heterocycles. The van der Waals surface area contributed by atoms with E-state index in [1.54, 1.807) is 0 Å². The fourth-order valence-corrected chi connectivity index (χ4v) is 0.573. The summed E-state index contributed by atoms with van der Waals surface area (Å²) in [5.41, 5.74) is 3.38. The number of rotatable bonds is 3. The van der Waals surface area contributed by atoms with Gasteiger partial charge in [-0.05, 0) is 19.3 Å². The molecule has 0 spiro atoms. The van der Waals surface area contributed by atoms with E-state index in [0.29, 0.717) is 5.92 Å². The zero-order chi connectivity index (χ0) is 8.85. The number of carbonyl (C=O) groups excluding carboxylic acids is 1. The van der Waals surface area contributed by atoms with Crippen LogP contribution < -0.4 is 5.43 Å². The Hall–Kier alpha value is -0.860. The summed E-state index contributed by atoms with van der Waals surface area (Å²) in [6, 6.07) is 0. The Morgan fingerprint density at radius 2 is 2.09 bits per heavy atom. The highest BCUT2D eigenvalue weighted by Crippen LogP contribution is 2.02. The van der Waals surface area contributed by atoms with Crippen molar-refractivity contribution in [2.24, 2.45) is 11.0 Å². The molecule has 0 saturated carbocycles. The average Bonchev–Trinajstić information content (AvgIpc) is 1.98. The Labute approximate surface area is 67.9 Å². The van der Waals surface area contributed by atoms with Crippen molar-refractivity contribution in [1.29, 1.82) is 0 Å². The van der Waals surface area contributed by atoms with Gasteiger partial charge in [0.2, 0.25) is 5.91 Å². The van der Waals surface area contributed by atoms with E-state index >= 15 is 0 Å². The number of hydrazone groups is 1. The van der Waals surface area contributed by atoms with Crippen LogP contribution in [0.4, 0.5) is 0 Å². The van der Waals surface area contributed by atoms with Crippen molar-refractivity contribution in [2.45, 2.75) is 34.1 Å². The lowest BCUT2D eigenvalue weighted by Gasteiger charge is -2.06. The maximum Gasteiger partial charge on any atom is 0.236 e. The number of nitrogens with one attached hydrogen (secondary N) is 1. The van der Waals surface area contributed by atoms with Gasteiger partial charge in [-0.15, -0.1) is 0 Å². The summed E-state index contributed by atoms with van der Waals surface area (Å²) in [7, 11) is 0. The molecule has 3 heteroatoms. The Morgan fingerprint density at radius 3 is 2.45 bits per heavy atom. The second-order valence-electron chi connectivity index (χ2n) is 2.73. The molecule has 0 saturated heterocycles. The minimum Gasteiger partial charge on any atom is -0.274 e. The van der Waals surface area contributed by atoms with Gasteiger partial charge in [-0.25, -0.2) is 5.43 Å². The van der Waals surface area contributed by atoms with Crippen LogP contribution in [0.1, 0.15) is 34.1 Å². The van der Waals surface area contributed by atoms with Crippen LogP contribution in [0.25, 0.3) is 0 Å². The fourth-order valence-electron chi connectivity index (χ4n) is 0.573. The zero-order valence-corrected chi connectivity index (χ0v) is 7.64.